The second kappa shape index (κ2) is 4.91. The van der Waals surface area contributed by atoms with Gasteiger partial charge in [-0.05, 0) is 26.0 Å². The molecule has 0 saturated heterocycles. The van der Waals surface area contributed by atoms with Gasteiger partial charge in [0.2, 0.25) is 0 Å². The Bertz CT molecular complexity index is 566. The standard InChI is InChI=1S/C14H17N3O2/c1-3-18-13-7-11-6-10(2)19-14(11)8-12(13)9-17-5-4-15-16-17/h4-5,7-8,10H,3,6,9H2,1-2H3/t10-/m1/s1. The summed E-state index contributed by atoms with van der Waals surface area (Å²) in [5.41, 5.74) is 2.29. The highest BCUT2D eigenvalue weighted by Crippen LogP contribution is 2.35. The maximum Gasteiger partial charge on any atom is 0.124 e. The maximum absolute atomic E-state index is 5.80. The van der Waals surface area contributed by atoms with Crippen molar-refractivity contribution in [1.29, 1.82) is 0 Å². The molecule has 3 rings (SSSR count). The SMILES string of the molecule is CCOc1cc2c(cc1Cn1ccnn1)O[C@H](C)C2. The van der Waals surface area contributed by atoms with Gasteiger partial charge < -0.3 is 9.47 Å². The maximum atomic E-state index is 5.80. The molecule has 1 atom stereocenters. The first-order chi connectivity index (χ1) is 9.26. The van der Waals surface area contributed by atoms with Crippen LogP contribution in [0.3, 0.4) is 0 Å². The Morgan fingerprint density at radius 2 is 2.37 bits per heavy atom. The van der Waals surface area contributed by atoms with Gasteiger partial charge in [0.05, 0.1) is 19.3 Å². The van der Waals surface area contributed by atoms with Gasteiger partial charge >= 0.3 is 0 Å². The quantitative estimate of drug-likeness (QED) is 0.843. The van der Waals surface area contributed by atoms with Gasteiger partial charge in [-0.2, -0.15) is 0 Å². The van der Waals surface area contributed by atoms with E-state index in [0.717, 1.165) is 23.5 Å². The molecule has 5 heteroatoms. The molecule has 0 N–H and O–H groups in total. The molecule has 0 spiro atoms. The Morgan fingerprint density at radius 1 is 1.47 bits per heavy atom. The lowest BCUT2D eigenvalue weighted by Crippen LogP contribution is -2.05. The number of fused-ring (bicyclic) bond motifs is 1. The summed E-state index contributed by atoms with van der Waals surface area (Å²) >= 11 is 0. The fraction of sp³-hybridized carbons (Fsp3) is 0.429. The van der Waals surface area contributed by atoms with Crippen molar-refractivity contribution in [3.63, 3.8) is 0 Å². The van der Waals surface area contributed by atoms with Crippen molar-refractivity contribution in [2.24, 2.45) is 0 Å². The van der Waals surface area contributed by atoms with Crippen LogP contribution in [0.4, 0.5) is 0 Å². The lowest BCUT2D eigenvalue weighted by Gasteiger charge is -2.12. The van der Waals surface area contributed by atoms with E-state index in [1.807, 2.05) is 13.1 Å². The summed E-state index contributed by atoms with van der Waals surface area (Å²) < 4.78 is 13.3. The van der Waals surface area contributed by atoms with E-state index in [9.17, 15) is 0 Å². The van der Waals surface area contributed by atoms with E-state index < -0.39 is 0 Å². The minimum absolute atomic E-state index is 0.242. The summed E-state index contributed by atoms with van der Waals surface area (Å²) in [6.07, 6.45) is 4.70. The topological polar surface area (TPSA) is 49.2 Å². The van der Waals surface area contributed by atoms with Crippen LogP contribution in [0.1, 0.15) is 25.0 Å². The van der Waals surface area contributed by atoms with E-state index in [0.29, 0.717) is 13.2 Å². The molecule has 0 bridgehead atoms. The van der Waals surface area contributed by atoms with Gasteiger partial charge in [0, 0.05) is 23.7 Å². The Hall–Kier alpha value is -2.04. The molecule has 0 amide bonds. The molecule has 2 heterocycles. The molecule has 2 aromatic rings. The van der Waals surface area contributed by atoms with Crippen LogP contribution in [0.15, 0.2) is 24.5 Å². The van der Waals surface area contributed by atoms with Crippen LogP contribution in [0.25, 0.3) is 0 Å². The van der Waals surface area contributed by atoms with E-state index in [-0.39, 0.29) is 6.10 Å². The Morgan fingerprint density at radius 3 is 3.11 bits per heavy atom. The van der Waals surface area contributed by atoms with Crippen molar-refractivity contribution in [3.05, 3.63) is 35.7 Å². The second-order valence-corrected chi connectivity index (χ2v) is 4.73. The van der Waals surface area contributed by atoms with Crippen molar-refractivity contribution in [2.45, 2.75) is 32.9 Å². The van der Waals surface area contributed by atoms with E-state index in [2.05, 4.69) is 29.4 Å². The zero-order valence-corrected chi connectivity index (χ0v) is 11.2. The molecule has 0 aliphatic carbocycles. The molecule has 1 aromatic heterocycles. The highest BCUT2D eigenvalue weighted by molar-refractivity contribution is 5.48. The molecule has 1 aromatic carbocycles. The largest absolute Gasteiger partial charge is 0.494 e. The molecule has 1 aliphatic rings. The molecule has 5 nitrogen and oxygen atoms in total. The van der Waals surface area contributed by atoms with E-state index >= 15 is 0 Å². The average Bonchev–Trinajstić information content (AvgIpc) is 2.98. The molecule has 0 fully saturated rings. The van der Waals surface area contributed by atoms with E-state index in [1.165, 1.54) is 5.56 Å². The minimum Gasteiger partial charge on any atom is -0.494 e. The minimum atomic E-state index is 0.242. The third-order valence-corrected chi connectivity index (χ3v) is 3.18. The molecular weight excluding hydrogens is 242 g/mol. The van der Waals surface area contributed by atoms with E-state index in [1.54, 1.807) is 10.9 Å². The van der Waals surface area contributed by atoms with Crippen LogP contribution in [0, 0.1) is 0 Å². The van der Waals surface area contributed by atoms with Gasteiger partial charge in [0.1, 0.15) is 17.6 Å². The fourth-order valence-corrected chi connectivity index (χ4v) is 2.39. The number of aromatic nitrogens is 3. The molecule has 1 aliphatic heterocycles. The summed E-state index contributed by atoms with van der Waals surface area (Å²) in [4.78, 5) is 0. The molecule has 19 heavy (non-hydrogen) atoms. The predicted octanol–water partition coefficient (Wildman–Crippen LogP) is 2.05. The van der Waals surface area contributed by atoms with Crippen molar-refractivity contribution in [2.75, 3.05) is 6.61 Å². The Labute approximate surface area is 112 Å². The number of benzene rings is 1. The van der Waals surface area contributed by atoms with Gasteiger partial charge in [0.15, 0.2) is 0 Å². The number of nitrogens with zero attached hydrogens (tertiary/aromatic N) is 3. The van der Waals surface area contributed by atoms with Crippen LogP contribution in [0.5, 0.6) is 11.5 Å². The molecule has 100 valence electrons. The van der Waals surface area contributed by atoms with Crippen LogP contribution in [-0.2, 0) is 13.0 Å². The van der Waals surface area contributed by atoms with Crippen LogP contribution in [0.2, 0.25) is 0 Å². The van der Waals surface area contributed by atoms with Crippen molar-refractivity contribution < 1.29 is 9.47 Å². The van der Waals surface area contributed by atoms with Gasteiger partial charge in [0.25, 0.3) is 0 Å². The Kier molecular flexibility index (Phi) is 3.11. The number of hydrogen-bond acceptors (Lipinski definition) is 4. The average molecular weight is 259 g/mol. The van der Waals surface area contributed by atoms with Crippen molar-refractivity contribution >= 4 is 0 Å². The summed E-state index contributed by atoms with van der Waals surface area (Å²) in [6, 6.07) is 4.15. The van der Waals surface area contributed by atoms with Crippen LogP contribution >= 0.6 is 0 Å². The summed E-state index contributed by atoms with van der Waals surface area (Å²) in [6.45, 7) is 5.36. The second-order valence-electron chi connectivity index (χ2n) is 4.73. The smallest absolute Gasteiger partial charge is 0.124 e. The number of ether oxygens (including phenoxy) is 2. The zero-order valence-electron chi connectivity index (χ0n) is 11.2. The molecule has 0 radical (unpaired) electrons. The van der Waals surface area contributed by atoms with E-state index in [4.69, 9.17) is 9.47 Å². The summed E-state index contributed by atoms with van der Waals surface area (Å²) in [7, 11) is 0. The molecule has 0 unspecified atom stereocenters. The number of rotatable bonds is 4. The van der Waals surface area contributed by atoms with Crippen molar-refractivity contribution in [1.82, 2.24) is 15.0 Å². The predicted molar refractivity (Wildman–Crippen MR) is 70.5 cm³/mol. The first-order valence-corrected chi connectivity index (χ1v) is 6.55. The third-order valence-electron chi connectivity index (χ3n) is 3.18. The first kappa shape index (κ1) is 12.0. The first-order valence-electron chi connectivity index (χ1n) is 6.55. The fourth-order valence-electron chi connectivity index (χ4n) is 2.39. The lowest BCUT2D eigenvalue weighted by molar-refractivity contribution is 0.254. The van der Waals surface area contributed by atoms with Crippen LogP contribution < -0.4 is 9.47 Å². The molecule has 0 saturated carbocycles. The van der Waals surface area contributed by atoms with Crippen LogP contribution in [-0.4, -0.2) is 27.7 Å². The zero-order chi connectivity index (χ0) is 13.2. The highest BCUT2D eigenvalue weighted by Gasteiger charge is 2.21. The van der Waals surface area contributed by atoms with Gasteiger partial charge in [-0.1, -0.05) is 5.21 Å². The van der Waals surface area contributed by atoms with Crippen molar-refractivity contribution in [3.8, 4) is 11.5 Å². The summed E-state index contributed by atoms with van der Waals surface area (Å²) in [5.74, 6) is 1.88. The number of hydrogen-bond donors (Lipinski definition) is 0. The third kappa shape index (κ3) is 2.41. The summed E-state index contributed by atoms with van der Waals surface area (Å²) in [5, 5.41) is 7.81. The van der Waals surface area contributed by atoms with Gasteiger partial charge in [-0.3, -0.25) is 0 Å². The highest BCUT2D eigenvalue weighted by atomic mass is 16.5. The molecular formula is C14H17N3O2. The monoisotopic (exact) mass is 259 g/mol. The normalized spacial score (nSPS) is 17.1. The van der Waals surface area contributed by atoms with Gasteiger partial charge in [-0.15, -0.1) is 5.10 Å². The Balaban J connectivity index is 1.95. The lowest BCUT2D eigenvalue weighted by atomic mass is 10.1. The van der Waals surface area contributed by atoms with Gasteiger partial charge in [-0.25, -0.2) is 4.68 Å².